The lowest BCUT2D eigenvalue weighted by atomic mass is 10.1. The van der Waals surface area contributed by atoms with E-state index in [0.717, 1.165) is 12.1 Å². The molecule has 21 heavy (non-hydrogen) atoms. The van der Waals surface area contributed by atoms with E-state index in [0.29, 0.717) is 24.3 Å². The number of carbonyl (C=O) groups excluding carboxylic acids is 2. The maximum atomic E-state index is 12.2. The van der Waals surface area contributed by atoms with Crippen LogP contribution >= 0.6 is 0 Å². The number of pyridine rings is 1. The standard InChI is InChI=1S/C15H22N4O2/c1-9(2)12-6-10(7-13(16-3)19-12)15(21)17-8-11-4-5-14(20)18-11/h6-7,9,11H,4-5,8H2,1-3H3,(H,16,19)(H,17,21)(H,18,20). The second kappa shape index (κ2) is 6.56. The van der Waals surface area contributed by atoms with E-state index >= 15 is 0 Å². The molecule has 1 unspecified atom stereocenters. The molecule has 0 aromatic carbocycles. The van der Waals surface area contributed by atoms with Gasteiger partial charge in [-0.15, -0.1) is 0 Å². The van der Waals surface area contributed by atoms with Gasteiger partial charge in [0.15, 0.2) is 0 Å². The molecule has 0 aliphatic carbocycles. The van der Waals surface area contributed by atoms with Crippen LogP contribution in [-0.4, -0.2) is 36.4 Å². The van der Waals surface area contributed by atoms with Crippen molar-refractivity contribution in [3.63, 3.8) is 0 Å². The van der Waals surface area contributed by atoms with Gasteiger partial charge in [0.1, 0.15) is 5.82 Å². The SMILES string of the molecule is CNc1cc(C(=O)NCC2CCC(=O)N2)cc(C(C)C)n1. The largest absolute Gasteiger partial charge is 0.373 e. The van der Waals surface area contributed by atoms with Crippen LogP contribution in [0.1, 0.15) is 48.7 Å². The van der Waals surface area contributed by atoms with Gasteiger partial charge in [-0.3, -0.25) is 9.59 Å². The number of hydrogen-bond donors (Lipinski definition) is 3. The molecule has 114 valence electrons. The summed E-state index contributed by atoms with van der Waals surface area (Å²) in [5, 5.41) is 8.68. The molecule has 0 bridgehead atoms. The maximum Gasteiger partial charge on any atom is 0.251 e. The minimum atomic E-state index is -0.142. The van der Waals surface area contributed by atoms with E-state index < -0.39 is 0 Å². The van der Waals surface area contributed by atoms with Crippen LogP contribution in [0.15, 0.2) is 12.1 Å². The topological polar surface area (TPSA) is 83.1 Å². The molecule has 1 aromatic rings. The van der Waals surface area contributed by atoms with Crippen molar-refractivity contribution in [3.05, 3.63) is 23.4 Å². The fourth-order valence-electron chi connectivity index (χ4n) is 2.26. The van der Waals surface area contributed by atoms with Crippen LogP contribution in [0.3, 0.4) is 0 Å². The first-order valence-corrected chi connectivity index (χ1v) is 7.27. The molecule has 6 nitrogen and oxygen atoms in total. The average molecular weight is 290 g/mol. The summed E-state index contributed by atoms with van der Waals surface area (Å²) in [5.74, 6) is 0.842. The Morgan fingerprint density at radius 3 is 2.81 bits per heavy atom. The molecule has 6 heteroatoms. The van der Waals surface area contributed by atoms with Crippen LogP contribution < -0.4 is 16.0 Å². The quantitative estimate of drug-likeness (QED) is 0.762. The number of carbonyl (C=O) groups is 2. The monoisotopic (exact) mass is 290 g/mol. The Bertz CT molecular complexity index is 542. The lowest BCUT2D eigenvalue weighted by molar-refractivity contribution is -0.119. The number of nitrogens with one attached hydrogen (secondary N) is 3. The summed E-state index contributed by atoms with van der Waals surface area (Å²) in [6, 6.07) is 3.58. The fourth-order valence-corrected chi connectivity index (χ4v) is 2.26. The van der Waals surface area contributed by atoms with E-state index in [1.54, 1.807) is 13.1 Å². The van der Waals surface area contributed by atoms with E-state index in [1.165, 1.54) is 0 Å². The van der Waals surface area contributed by atoms with E-state index in [2.05, 4.69) is 20.9 Å². The third-order valence-corrected chi connectivity index (χ3v) is 3.55. The summed E-state index contributed by atoms with van der Waals surface area (Å²) in [5.41, 5.74) is 1.46. The second-order valence-electron chi connectivity index (χ2n) is 5.58. The molecule has 1 atom stereocenters. The van der Waals surface area contributed by atoms with Gasteiger partial charge in [-0.1, -0.05) is 13.8 Å². The molecule has 3 N–H and O–H groups in total. The molecule has 1 aliphatic heterocycles. The summed E-state index contributed by atoms with van der Waals surface area (Å²) in [6.07, 6.45) is 1.31. The zero-order valence-corrected chi connectivity index (χ0v) is 12.7. The number of nitrogens with zero attached hydrogens (tertiary/aromatic N) is 1. The van der Waals surface area contributed by atoms with Gasteiger partial charge in [-0.25, -0.2) is 4.98 Å². The van der Waals surface area contributed by atoms with Crippen molar-refractivity contribution in [2.75, 3.05) is 18.9 Å². The van der Waals surface area contributed by atoms with E-state index in [9.17, 15) is 9.59 Å². The number of rotatable bonds is 5. The molecule has 0 radical (unpaired) electrons. The molecule has 1 aromatic heterocycles. The molecule has 2 heterocycles. The van der Waals surface area contributed by atoms with Gasteiger partial charge in [0, 0.05) is 37.3 Å². The summed E-state index contributed by atoms with van der Waals surface area (Å²) in [7, 11) is 1.78. The zero-order valence-electron chi connectivity index (χ0n) is 12.7. The smallest absolute Gasteiger partial charge is 0.251 e. The molecule has 0 saturated carbocycles. The van der Waals surface area contributed by atoms with Gasteiger partial charge in [0.25, 0.3) is 5.91 Å². The first kappa shape index (κ1) is 15.3. The molecule has 2 amide bonds. The Morgan fingerprint density at radius 2 is 2.24 bits per heavy atom. The Hall–Kier alpha value is -2.11. The van der Waals surface area contributed by atoms with Gasteiger partial charge in [-0.05, 0) is 24.5 Å². The van der Waals surface area contributed by atoms with Gasteiger partial charge in [0.05, 0.1) is 0 Å². The van der Waals surface area contributed by atoms with Crippen LogP contribution in [0.25, 0.3) is 0 Å². The van der Waals surface area contributed by atoms with E-state index in [1.807, 2.05) is 19.9 Å². The first-order valence-electron chi connectivity index (χ1n) is 7.27. The van der Waals surface area contributed by atoms with Crippen LogP contribution in [0.2, 0.25) is 0 Å². The summed E-state index contributed by atoms with van der Waals surface area (Å²) >= 11 is 0. The molecule has 0 spiro atoms. The lowest BCUT2D eigenvalue weighted by Crippen LogP contribution is -2.38. The van der Waals surface area contributed by atoms with E-state index in [4.69, 9.17) is 0 Å². The Labute approximate surface area is 124 Å². The van der Waals surface area contributed by atoms with Crippen LogP contribution in [0, 0.1) is 0 Å². The predicted octanol–water partition coefficient (Wildman–Crippen LogP) is 1.26. The minimum absolute atomic E-state index is 0.0385. The number of hydrogen-bond acceptors (Lipinski definition) is 4. The fraction of sp³-hybridized carbons (Fsp3) is 0.533. The highest BCUT2D eigenvalue weighted by molar-refractivity contribution is 5.95. The number of anilines is 1. The highest BCUT2D eigenvalue weighted by Crippen LogP contribution is 2.17. The normalized spacial score (nSPS) is 17.7. The Balaban J connectivity index is 2.04. The zero-order chi connectivity index (χ0) is 15.4. The third-order valence-electron chi connectivity index (χ3n) is 3.55. The summed E-state index contributed by atoms with van der Waals surface area (Å²) in [6.45, 7) is 4.54. The van der Waals surface area contributed by atoms with E-state index in [-0.39, 0.29) is 23.8 Å². The molecular formula is C15H22N4O2. The Morgan fingerprint density at radius 1 is 1.48 bits per heavy atom. The molecule has 2 rings (SSSR count). The van der Waals surface area contributed by atoms with Crippen LogP contribution in [0.4, 0.5) is 5.82 Å². The molecular weight excluding hydrogens is 268 g/mol. The highest BCUT2D eigenvalue weighted by atomic mass is 16.2. The van der Waals surface area contributed by atoms with Crippen molar-refractivity contribution in [1.29, 1.82) is 0 Å². The second-order valence-corrected chi connectivity index (χ2v) is 5.58. The molecule has 1 fully saturated rings. The van der Waals surface area contributed by atoms with Crippen molar-refractivity contribution in [2.45, 2.75) is 38.6 Å². The Kier molecular flexibility index (Phi) is 4.77. The van der Waals surface area contributed by atoms with Crippen molar-refractivity contribution < 1.29 is 9.59 Å². The minimum Gasteiger partial charge on any atom is -0.373 e. The van der Waals surface area contributed by atoms with Gasteiger partial charge in [-0.2, -0.15) is 0 Å². The molecule has 1 saturated heterocycles. The van der Waals surface area contributed by atoms with Crippen molar-refractivity contribution in [1.82, 2.24) is 15.6 Å². The van der Waals surface area contributed by atoms with Gasteiger partial charge >= 0.3 is 0 Å². The predicted molar refractivity (Wildman–Crippen MR) is 81.4 cm³/mol. The lowest BCUT2D eigenvalue weighted by Gasteiger charge is -2.13. The van der Waals surface area contributed by atoms with Crippen molar-refractivity contribution >= 4 is 17.6 Å². The summed E-state index contributed by atoms with van der Waals surface area (Å²) < 4.78 is 0. The van der Waals surface area contributed by atoms with Crippen molar-refractivity contribution in [3.8, 4) is 0 Å². The van der Waals surface area contributed by atoms with Gasteiger partial charge < -0.3 is 16.0 Å². The number of amides is 2. The van der Waals surface area contributed by atoms with Gasteiger partial charge in [0.2, 0.25) is 5.91 Å². The first-order chi connectivity index (χ1) is 9.99. The van der Waals surface area contributed by atoms with Crippen LogP contribution in [-0.2, 0) is 4.79 Å². The molecule has 1 aliphatic rings. The average Bonchev–Trinajstić information content (AvgIpc) is 2.89. The van der Waals surface area contributed by atoms with Crippen LogP contribution in [0.5, 0.6) is 0 Å². The third kappa shape index (κ3) is 3.93. The number of aromatic nitrogens is 1. The van der Waals surface area contributed by atoms with Crippen molar-refractivity contribution in [2.24, 2.45) is 0 Å². The summed E-state index contributed by atoms with van der Waals surface area (Å²) in [4.78, 5) is 27.8. The highest BCUT2D eigenvalue weighted by Gasteiger charge is 2.21. The maximum absolute atomic E-state index is 12.2.